The summed E-state index contributed by atoms with van der Waals surface area (Å²) in [6.45, 7) is 4.65. The van der Waals surface area contributed by atoms with Crippen molar-refractivity contribution in [1.82, 2.24) is 4.90 Å². The van der Waals surface area contributed by atoms with Crippen LogP contribution in [0.4, 0.5) is 0 Å². The smallest absolute Gasteiger partial charge is 0.233 e. The number of hydrogen-bond acceptors (Lipinski definition) is 3. The van der Waals surface area contributed by atoms with Crippen LogP contribution in [0.1, 0.15) is 33.1 Å². The van der Waals surface area contributed by atoms with Crippen molar-refractivity contribution in [3.63, 3.8) is 0 Å². The van der Waals surface area contributed by atoms with E-state index in [2.05, 4.69) is 12.6 Å². The van der Waals surface area contributed by atoms with Gasteiger partial charge in [0.05, 0.1) is 11.8 Å². The molecule has 1 saturated heterocycles. The fourth-order valence-electron chi connectivity index (χ4n) is 3.54. The van der Waals surface area contributed by atoms with E-state index in [0.29, 0.717) is 6.54 Å². The van der Waals surface area contributed by atoms with Crippen LogP contribution in [-0.4, -0.2) is 29.0 Å². The largest absolute Gasteiger partial charge is 0.281 e. The Hall–Kier alpha value is -0.510. The molecule has 3 aliphatic rings. The highest BCUT2D eigenvalue weighted by molar-refractivity contribution is 7.80. The number of piperidine rings is 1. The Balaban J connectivity index is 1.75. The lowest BCUT2D eigenvalue weighted by atomic mass is 9.70. The molecular weight excluding hydrogens is 234 g/mol. The molecule has 2 unspecified atom stereocenters. The number of nitrogens with zero attached hydrogens (tertiary/aromatic N) is 1. The molecule has 17 heavy (non-hydrogen) atoms. The SMILES string of the molecule is CC1(C)C2C(=O)N(CC3(CS)CCC3)C(=O)C21. The summed E-state index contributed by atoms with van der Waals surface area (Å²) in [5.74, 6) is 0.846. The van der Waals surface area contributed by atoms with Gasteiger partial charge in [-0.25, -0.2) is 0 Å². The zero-order valence-corrected chi connectivity index (χ0v) is 11.3. The molecule has 2 saturated carbocycles. The number of rotatable bonds is 3. The zero-order chi connectivity index (χ0) is 12.4. The molecular formula is C13H19NO2S. The molecule has 0 aromatic rings. The maximum Gasteiger partial charge on any atom is 0.233 e. The molecule has 2 aliphatic carbocycles. The Bertz CT molecular complexity index is 371. The third-order valence-electron chi connectivity index (χ3n) is 5.13. The monoisotopic (exact) mass is 253 g/mol. The molecule has 2 atom stereocenters. The molecule has 4 heteroatoms. The summed E-state index contributed by atoms with van der Waals surface area (Å²) >= 11 is 4.38. The molecule has 1 aliphatic heterocycles. The molecule has 3 rings (SSSR count). The van der Waals surface area contributed by atoms with Crippen molar-refractivity contribution in [2.45, 2.75) is 33.1 Å². The van der Waals surface area contributed by atoms with Crippen LogP contribution in [0.2, 0.25) is 0 Å². The van der Waals surface area contributed by atoms with E-state index in [4.69, 9.17) is 0 Å². The van der Waals surface area contributed by atoms with Crippen molar-refractivity contribution in [2.75, 3.05) is 12.3 Å². The van der Waals surface area contributed by atoms with Gasteiger partial charge in [0.2, 0.25) is 11.8 Å². The van der Waals surface area contributed by atoms with Crippen LogP contribution in [0.15, 0.2) is 0 Å². The van der Waals surface area contributed by atoms with Gasteiger partial charge in [0.15, 0.2) is 0 Å². The summed E-state index contributed by atoms with van der Waals surface area (Å²) in [4.78, 5) is 25.9. The molecule has 0 bridgehead atoms. The van der Waals surface area contributed by atoms with Crippen LogP contribution in [0.5, 0.6) is 0 Å². The topological polar surface area (TPSA) is 37.4 Å². The number of carbonyl (C=O) groups is 2. The molecule has 0 aromatic carbocycles. The maximum absolute atomic E-state index is 12.2. The van der Waals surface area contributed by atoms with E-state index in [-0.39, 0.29) is 34.5 Å². The quantitative estimate of drug-likeness (QED) is 0.614. The molecule has 3 fully saturated rings. The summed E-state index contributed by atoms with van der Waals surface area (Å²) in [6.07, 6.45) is 3.41. The van der Waals surface area contributed by atoms with Crippen molar-refractivity contribution in [2.24, 2.45) is 22.7 Å². The van der Waals surface area contributed by atoms with Crippen LogP contribution >= 0.6 is 12.6 Å². The molecule has 0 aromatic heterocycles. The van der Waals surface area contributed by atoms with Gasteiger partial charge in [-0.15, -0.1) is 0 Å². The van der Waals surface area contributed by atoms with E-state index in [0.717, 1.165) is 18.6 Å². The minimum Gasteiger partial charge on any atom is -0.281 e. The molecule has 0 radical (unpaired) electrons. The number of amides is 2. The normalized spacial score (nSPS) is 36.8. The van der Waals surface area contributed by atoms with E-state index in [1.807, 2.05) is 13.8 Å². The first-order valence-corrected chi connectivity index (χ1v) is 7.02. The van der Waals surface area contributed by atoms with Crippen molar-refractivity contribution >= 4 is 24.4 Å². The molecule has 3 nitrogen and oxygen atoms in total. The van der Waals surface area contributed by atoms with Gasteiger partial charge in [0.1, 0.15) is 0 Å². The van der Waals surface area contributed by atoms with Crippen LogP contribution in [0.25, 0.3) is 0 Å². The van der Waals surface area contributed by atoms with Crippen LogP contribution < -0.4 is 0 Å². The molecule has 94 valence electrons. The molecule has 0 N–H and O–H groups in total. The Morgan fingerprint density at radius 3 is 2.12 bits per heavy atom. The number of likely N-dealkylation sites (tertiary alicyclic amines) is 1. The Labute approximate surface area is 107 Å². The summed E-state index contributed by atoms with van der Waals surface area (Å²) in [5.41, 5.74) is 0.0355. The third kappa shape index (κ3) is 1.36. The number of carbonyl (C=O) groups excluding carboxylic acids is 2. The van der Waals surface area contributed by atoms with Gasteiger partial charge in [-0.2, -0.15) is 12.6 Å². The second kappa shape index (κ2) is 3.28. The predicted octanol–water partition coefficient (Wildman–Crippen LogP) is 1.73. The second-order valence-electron chi connectivity index (χ2n) is 6.55. The number of hydrogen-bond donors (Lipinski definition) is 1. The van der Waals surface area contributed by atoms with Gasteiger partial charge < -0.3 is 0 Å². The number of imide groups is 1. The van der Waals surface area contributed by atoms with Crippen molar-refractivity contribution in [3.8, 4) is 0 Å². The number of fused-ring (bicyclic) bond motifs is 1. The summed E-state index contributed by atoms with van der Waals surface area (Å²) < 4.78 is 0. The summed E-state index contributed by atoms with van der Waals surface area (Å²) in [6, 6.07) is 0. The maximum atomic E-state index is 12.2. The lowest BCUT2D eigenvalue weighted by Crippen LogP contribution is -2.48. The van der Waals surface area contributed by atoms with Crippen molar-refractivity contribution in [3.05, 3.63) is 0 Å². The van der Waals surface area contributed by atoms with Gasteiger partial charge in [-0.05, 0) is 29.4 Å². The first-order chi connectivity index (χ1) is 7.93. The van der Waals surface area contributed by atoms with Crippen LogP contribution in [0.3, 0.4) is 0 Å². The third-order valence-corrected chi connectivity index (χ3v) is 5.81. The fraction of sp³-hybridized carbons (Fsp3) is 0.846. The highest BCUT2D eigenvalue weighted by Gasteiger charge is 2.72. The van der Waals surface area contributed by atoms with Crippen molar-refractivity contribution < 1.29 is 9.59 Å². The lowest BCUT2D eigenvalue weighted by Gasteiger charge is -2.43. The van der Waals surface area contributed by atoms with E-state index >= 15 is 0 Å². The minimum atomic E-state index is -0.0849. The summed E-state index contributed by atoms with van der Waals surface area (Å²) in [5, 5.41) is 0. The first kappa shape index (κ1) is 11.6. The van der Waals surface area contributed by atoms with Gasteiger partial charge in [-0.1, -0.05) is 20.3 Å². The van der Waals surface area contributed by atoms with Crippen molar-refractivity contribution in [1.29, 1.82) is 0 Å². The second-order valence-corrected chi connectivity index (χ2v) is 6.87. The van der Waals surface area contributed by atoms with Crippen LogP contribution in [0, 0.1) is 22.7 Å². The van der Waals surface area contributed by atoms with Gasteiger partial charge in [-0.3, -0.25) is 14.5 Å². The van der Waals surface area contributed by atoms with Gasteiger partial charge in [0.25, 0.3) is 0 Å². The molecule has 2 amide bonds. The molecule has 0 spiro atoms. The van der Waals surface area contributed by atoms with Gasteiger partial charge in [0, 0.05) is 6.54 Å². The fourth-order valence-corrected chi connectivity index (χ4v) is 3.95. The number of thiol groups is 1. The van der Waals surface area contributed by atoms with E-state index in [1.165, 1.54) is 11.3 Å². The summed E-state index contributed by atoms with van der Waals surface area (Å²) in [7, 11) is 0. The predicted molar refractivity (Wildman–Crippen MR) is 67.6 cm³/mol. The minimum absolute atomic E-state index is 0.0351. The van der Waals surface area contributed by atoms with E-state index < -0.39 is 0 Å². The Kier molecular flexibility index (Phi) is 2.23. The Morgan fingerprint density at radius 1 is 1.24 bits per heavy atom. The average molecular weight is 253 g/mol. The van der Waals surface area contributed by atoms with Gasteiger partial charge >= 0.3 is 0 Å². The first-order valence-electron chi connectivity index (χ1n) is 6.39. The Morgan fingerprint density at radius 2 is 1.76 bits per heavy atom. The zero-order valence-electron chi connectivity index (χ0n) is 10.4. The van der Waals surface area contributed by atoms with E-state index in [1.54, 1.807) is 0 Å². The highest BCUT2D eigenvalue weighted by atomic mass is 32.1. The molecule has 1 heterocycles. The lowest BCUT2D eigenvalue weighted by molar-refractivity contribution is -0.145. The average Bonchev–Trinajstić information content (AvgIpc) is 2.68. The standard InChI is InChI=1S/C13H19NO2S/c1-12(2)8-9(12)11(16)14(10(8)15)6-13(7-17)4-3-5-13/h8-9,17H,3-7H2,1-2H3. The van der Waals surface area contributed by atoms with Crippen LogP contribution in [-0.2, 0) is 9.59 Å². The highest BCUT2D eigenvalue weighted by Crippen LogP contribution is 2.63. The van der Waals surface area contributed by atoms with E-state index in [9.17, 15) is 9.59 Å².